The van der Waals surface area contributed by atoms with Crippen molar-refractivity contribution in [1.82, 2.24) is 20.5 Å². The van der Waals surface area contributed by atoms with E-state index in [1.165, 1.54) is 12.1 Å². The van der Waals surface area contributed by atoms with E-state index in [1.54, 1.807) is 30.8 Å². The van der Waals surface area contributed by atoms with Gasteiger partial charge in [0.2, 0.25) is 5.91 Å². The molecule has 1 aromatic carbocycles. The number of thioether (sulfide) groups is 1. The average Bonchev–Trinajstić information content (AvgIpc) is 2.92. The van der Waals surface area contributed by atoms with Crippen LogP contribution in [0.4, 0.5) is 4.39 Å². The van der Waals surface area contributed by atoms with Crippen molar-refractivity contribution in [3.63, 3.8) is 0 Å². The van der Waals surface area contributed by atoms with Gasteiger partial charge in [-0.05, 0) is 24.6 Å². The highest BCUT2D eigenvalue weighted by molar-refractivity contribution is 7.98. The Labute approximate surface area is 130 Å². The Balaban J connectivity index is 1.67. The lowest BCUT2D eigenvalue weighted by Gasteiger charge is -2.10. The number of nitrogens with zero attached hydrogens (tertiary/aromatic N) is 1. The molecule has 0 saturated carbocycles. The SMILES string of the molecule is CC(NC(=O)CCSCc1ccc(F)cc1)c1n[nH]c(=O)[nH]1. The number of benzene rings is 1. The molecule has 0 radical (unpaired) electrons. The second-order valence-electron chi connectivity index (χ2n) is 4.78. The molecule has 3 N–H and O–H groups in total. The molecule has 1 unspecified atom stereocenters. The summed E-state index contributed by atoms with van der Waals surface area (Å²) in [5.74, 6) is 1.43. The predicted octanol–water partition coefficient (Wildman–Crippen LogP) is 1.74. The molecular formula is C14H17FN4O2S. The minimum atomic E-state index is -0.397. The molecular weight excluding hydrogens is 307 g/mol. The van der Waals surface area contributed by atoms with Crippen molar-refractivity contribution >= 4 is 17.7 Å². The Morgan fingerprint density at radius 3 is 2.77 bits per heavy atom. The topological polar surface area (TPSA) is 90.6 Å². The van der Waals surface area contributed by atoms with E-state index in [9.17, 15) is 14.0 Å². The fraction of sp³-hybridized carbons (Fsp3) is 0.357. The minimum absolute atomic E-state index is 0.108. The maximum atomic E-state index is 12.8. The number of H-pyrrole nitrogens is 2. The summed E-state index contributed by atoms with van der Waals surface area (Å²) in [5.41, 5.74) is 0.625. The van der Waals surface area contributed by atoms with Crippen molar-refractivity contribution in [2.45, 2.75) is 25.1 Å². The zero-order valence-electron chi connectivity index (χ0n) is 12.1. The highest BCUT2D eigenvalue weighted by Gasteiger charge is 2.12. The van der Waals surface area contributed by atoms with Crippen LogP contribution in [0.15, 0.2) is 29.1 Å². The van der Waals surface area contributed by atoms with E-state index in [0.717, 1.165) is 11.3 Å². The van der Waals surface area contributed by atoms with E-state index in [-0.39, 0.29) is 17.8 Å². The summed E-state index contributed by atoms with van der Waals surface area (Å²) < 4.78 is 12.8. The number of rotatable bonds is 7. The highest BCUT2D eigenvalue weighted by Crippen LogP contribution is 2.14. The molecule has 2 rings (SSSR count). The van der Waals surface area contributed by atoms with Crippen LogP contribution >= 0.6 is 11.8 Å². The standard InChI is InChI=1S/C14H17FN4O2S/c1-9(13-17-14(21)19-18-13)16-12(20)6-7-22-8-10-2-4-11(15)5-3-10/h2-5,9H,6-8H2,1H3,(H,16,20)(H2,17,18,19,21). The number of aromatic nitrogens is 3. The Morgan fingerprint density at radius 2 is 2.14 bits per heavy atom. The summed E-state index contributed by atoms with van der Waals surface area (Å²) in [5, 5.41) is 8.78. The Bertz CT molecular complexity index is 668. The number of amides is 1. The van der Waals surface area contributed by atoms with Gasteiger partial charge in [-0.3, -0.25) is 9.78 Å². The molecule has 1 aromatic heterocycles. The van der Waals surface area contributed by atoms with Gasteiger partial charge in [0.05, 0.1) is 6.04 Å². The van der Waals surface area contributed by atoms with Crippen LogP contribution in [-0.2, 0) is 10.5 Å². The van der Waals surface area contributed by atoms with E-state index >= 15 is 0 Å². The monoisotopic (exact) mass is 324 g/mol. The van der Waals surface area contributed by atoms with Crippen LogP contribution in [0.5, 0.6) is 0 Å². The van der Waals surface area contributed by atoms with Gasteiger partial charge >= 0.3 is 5.69 Å². The maximum Gasteiger partial charge on any atom is 0.340 e. The normalized spacial score (nSPS) is 12.1. The van der Waals surface area contributed by atoms with Crippen LogP contribution < -0.4 is 11.0 Å². The molecule has 0 fully saturated rings. The molecule has 2 aromatic rings. The lowest BCUT2D eigenvalue weighted by atomic mass is 10.2. The van der Waals surface area contributed by atoms with Crippen LogP contribution in [0.25, 0.3) is 0 Å². The van der Waals surface area contributed by atoms with Crippen molar-refractivity contribution < 1.29 is 9.18 Å². The van der Waals surface area contributed by atoms with Gasteiger partial charge in [-0.15, -0.1) is 0 Å². The summed E-state index contributed by atoms with van der Waals surface area (Å²) in [6.45, 7) is 1.75. The first-order chi connectivity index (χ1) is 10.5. The third-order valence-corrected chi connectivity index (χ3v) is 3.99. The molecule has 6 nitrogen and oxygen atoms in total. The number of aromatic amines is 2. The summed E-state index contributed by atoms with van der Waals surface area (Å²) in [6.07, 6.45) is 0.366. The molecule has 22 heavy (non-hydrogen) atoms. The zero-order valence-corrected chi connectivity index (χ0v) is 12.9. The second kappa shape index (κ2) is 7.79. The van der Waals surface area contributed by atoms with E-state index < -0.39 is 5.69 Å². The summed E-state index contributed by atoms with van der Waals surface area (Å²) in [4.78, 5) is 25.2. The predicted molar refractivity (Wildman–Crippen MR) is 82.9 cm³/mol. The van der Waals surface area contributed by atoms with Gasteiger partial charge in [-0.25, -0.2) is 14.3 Å². The third-order valence-electron chi connectivity index (χ3n) is 2.96. The fourth-order valence-corrected chi connectivity index (χ4v) is 2.71. The van der Waals surface area contributed by atoms with Gasteiger partial charge in [-0.1, -0.05) is 12.1 Å². The summed E-state index contributed by atoms with van der Waals surface area (Å²) in [6, 6.07) is 5.97. The van der Waals surface area contributed by atoms with Crippen LogP contribution in [0.2, 0.25) is 0 Å². The van der Waals surface area contributed by atoms with Crippen molar-refractivity contribution in [3.05, 3.63) is 52.0 Å². The van der Waals surface area contributed by atoms with Crippen LogP contribution in [0.3, 0.4) is 0 Å². The number of nitrogens with one attached hydrogen (secondary N) is 3. The molecule has 0 aliphatic carbocycles. The second-order valence-corrected chi connectivity index (χ2v) is 5.89. The van der Waals surface area contributed by atoms with Gasteiger partial charge in [-0.2, -0.15) is 16.9 Å². The van der Waals surface area contributed by atoms with Crippen LogP contribution in [0.1, 0.15) is 30.8 Å². The average molecular weight is 324 g/mol. The van der Waals surface area contributed by atoms with Crippen molar-refractivity contribution in [1.29, 1.82) is 0 Å². The van der Waals surface area contributed by atoms with Crippen LogP contribution in [0, 0.1) is 5.82 Å². The molecule has 0 saturated heterocycles. The quantitative estimate of drug-likeness (QED) is 0.677. The number of hydrogen-bond donors (Lipinski definition) is 3. The molecule has 0 bridgehead atoms. The van der Waals surface area contributed by atoms with Crippen molar-refractivity contribution in [3.8, 4) is 0 Å². The lowest BCUT2D eigenvalue weighted by molar-refractivity contribution is -0.121. The number of carbonyl (C=O) groups excluding carboxylic acids is 1. The van der Waals surface area contributed by atoms with E-state index in [2.05, 4.69) is 20.5 Å². The molecule has 1 heterocycles. The summed E-state index contributed by atoms with van der Waals surface area (Å²) >= 11 is 1.60. The molecule has 1 amide bonds. The molecule has 118 valence electrons. The van der Waals surface area contributed by atoms with E-state index in [0.29, 0.717) is 18.0 Å². The van der Waals surface area contributed by atoms with Crippen LogP contribution in [-0.4, -0.2) is 26.8 Å². The number of halogens is 1. The van der Waals surface area contributed by atoms with Crippen molar-refractivity contribution in [2.75, 3.05) is 5.75 Å². The molecule has 8 heteroatoms. The van der Waals surface area contributed by atoms with Gasteiger partial charge < -0.3 is 5.32 Å². The van der Waals surface area contributed by atoms with Crippen molar-refractivity contribution in [2.24, 2.45) is 0 Å². The van der Waals surface area contributed by atoms with Gasteiger partial charge in [0.15, 0.2) is 5.82 Å². The van der Waals surface area contributed by atoms with Gasteiger partial charge in [0.25, 0.3) is 0 Å². The first kappa shape index (κ1) is 16.3. The maximum absolute atomic E-state index is 12.8. The highest BCUT2D eigenvalue weighted by atomic mass is 32.2. The number of carbonyl (C=O) groups is 1. The zero-order chi connectivity index (χ0) is 15.9. The minimum Gasteiger partial charge on any atom is -0.346 e. The Hall–Kier alpha value is -2.09. The molecule has 0 spiro atoms. The Kier molecular flexibility index (Phi) is 5.76. The van der Waals surface area contributed by atoms with E-state index in [4.69, 9.17) is 0 Å². The summed E-state index contributed by atoms with van der Waals surface area (Å²) in [7, 11) is 0. The molecule has 0 aliphatic heterocycles. The first-order valence-corrected chi connectivity index (χ1v) is 7.96. The third kappa shape index (κ3) is 5.03. The Morgan fingerprint density at radius 1 is 1.41 bits per heavy atom. The lowest BCUT2D eigenvalue weighted by Crippen LogP contribution is -2.27. The first-order valence-electron chi connectivity index (χ1n) is 6.80. The van der Waals surface area contributed by atoms with Gasteiger partial charge in [0.1, 0.15) is 5.82 Å². The van der Waals surface area contributed by atoms with Gasteiger partial charge in [0, 0.05) is 17.9 Å². The smallest absolute Gasteiger partial charge is 0.340 e. The number of hydrogen-bond acceptors (Lipinski definition) is 4. The largest absolute Gasteiger partial charge is 0.346 e. The fourth-order valence-electron chi connectivity index (χ4n) is 1.81. The van der Waals surface area contributed by atoms with E-state index in [1.807, 2.05) is 0 Å². The molecule has 1 atom stereocenters. The molecule has 0 aliphatic rings.